The third kappa shape index (κ3) is 5.10. The summed E-state index contributed by atoms with van der Waals surface area (Å²) < 4.78 is 11.0. The van der Waals surface area contributed by atoms with Gasteiger partial charge in [-0.2, -0.15) is 0 Å². The standard InChI is InChI=1S/C24H26O4/c1-2-20-14-9-15-21(20)22(23(25)27-16-18-10-5-3-6-11-18)24(26)28-17-19-12-7-4-8-13-19/h2-8,10-13,20-22H,1,9,14-17H2/t20-,21-/m0/s1. The lowest BCUT2D eigenvalue weighted by molar-refractivity contribution is -0.167. The molecule has 2 atom stereocenters. The minimum atomic E-state index is -0.919. The van der Waals surface area contributed by atoms with Gasteiger partial charge in [0.05, 0.1) is 0 Å². The number of carbonyl (C=O) groups is 2. The van der Waals surface area contributed by atoms with Gasteiger partial charge in [-0.05, 0) is 35.8 Å². The fourth-order valence-electron chi connectivity index (χ4n) is 3.81. The molecule has 28 heavy (non-hydrogen) atoms. The molecular formula is C24H26O4. The zero-order chi connectivity index (χ0) is 19.8. The van der Waals surface area contributed by atoms with E-state index in [1.165, 1.54) is 0 Å². The van der Waals surface area contributed by atoms with Crippen molar-refractivity contribution in [2.75, 3.05) is 0 Å². The molecule has 146 valence electrons. The van der Waals surface area contributed by atoms with E-state index in [2.05, 4.69) is 6.58 Å². The SMILES string of the molecule is C=C[C@H]1CCC[C@@H]1C(C(=O)OCc1ccccc1)C(=O)OCc1ccccc1. The van der Waals surface area contributed by atoms with Crippen LogP contribution in [0.15, 0.2) is 73.3 Å². The van der Waals surface area contributed by atoms with Crippen LogP contribution in [0.3, 0.4) is 0 Å². The summed E-state index contributed by atoms with van der Waals surface area (Å²) in [6, 6.07) is 18.9. The molecule has 0 bridgehead atoms. The molecule has 0 N–H and O–H groups in total. The van der Waals surface area contributed by atoms with Gasteiger partial charge >= 0.3 is 11.9 Å². The van der Waals surface area contributed by atoms with Crippen molar-refractivity contribution in [3.63, 3.8) is 0 Å². The molecule has 1 fully saturated rings. The van der Waals surface area contributed by atoms with E-state index in [1.807, 2.05) is 66.7 Å². The van der Waals surface area contributed by atoms with Gasteiger partial charge in [0.25, 0.3) is 0 Å². The Morgan fingerprint density at radius 1 is 0.893 bits per heavy atom. The Balaban J connectivity index is 1.69. The van der Waals surface area contributed by atoms with Gasteiger partial charge in [0.15, 0.2) is 5.92 Å². The first kappa shape index (κ1) is 19.9. The number of carbonyl (C=O) groups excluding carboxylic acids is 2. The minimum Gasteiger partial charge on any atom is -0.460 e. The lowest BCUT2D eigenvalue weighted by atomic mass is 9.83. The summed E-state index contributed by atoms with van der Waals surface area (Å²) in [7, 11) is 0. The molecule has 4 nitrogen and oxygen atoms in total. The van der Waals surface area contributed by atoms with E-state index < -0.39 is 17.9 Å². The van der Waals surface area contributed by atoms with Gasteiger partial charge < -0.3 is 9.47 Å². The molecule has 0 unspecified atom stereocenters. The van der Waals surface area contributed by atoms with E-state index in [-0.39, 0.29) is 25.0 Å². The third-order valence-electron chi connectivity index (χ3n) is 5.31. The Labute approximate surface area is 166 Å². The van der Waals surface area contributed by atoms with Gasteiger partial charge in [-0.3, -0.25) is 9.59 Å². The molecule has 0 spiro atoms. The fraction of sp³-hybridized carbons (Fsp3) is 0.333. The van der Waals surface area contributed by atoms with Crippen molar-refractivity contribution in [2.45, 2.75) is 32.5 Å². The first-order valence-electron chi connectivity index (χ1n) is 9.72. The van der Waals surface area contributed by atoms with E-state index in [0.717, 1.165) is 30.4 Å². The van der Waals surface area contributed by atoms with Crippen molar-refractivity contribution in [2.24, 2.45) is 17.8 Å². The largest absolute Gasteiger partial charge is 0.460 e. The third-order valence-corrected chi connectivity index (χ3v) is 5.31. The molecule has 0 saturated heterocycles. The monoisotopic (exact) mass is 378 g/mol. The van der Waals surface area contributed by atoms with Crippen LogP contribution in [0.2, 0.25) is 0 Å². The summed E-state index contributed by atoms with van der Waals surface area (Å²) in [4.78, 5) is 25.7. The van der Waals surface area contributed by atoms with E-state index in [9.17, 15) is 9.59 Å². The summed E-state index contributed by atoms with van der Waals surface area (Å²) >= 11 is 0. The van der Waals surface area contributed by atoms with E-state index in [1.54, 1.807) is 0 Å². The highest BCUT2D eigenvalue weighted by molar-refractivity contribution is 5.95. The van der Waals surface area contributed by atoms with Crippen LogP contribution < -0.4 is 0 Å². The first-order chi connectivity index (χ1) is 13.7. The van der Waals surface area contributed by atoms with E-state index >= 15 is 0 Å². The smallest absolute Gasteiger partial charge is 0.320 e. The van der Waals surface area contributed by atoms with Gasteiger partial charge in [-0.25, -0.2) is 0 Å². The molecule has 0 aromatic heterocycles. The van der Waals surface area contributed by atoms with Crippen molar-refractivity contribution in [1.29, 1.82) is 0 Å². The molecular weight excluding hydrogens is 352 g/mol. The van der Waals surface area contributed by atoms with Crippen molar-refractivity contribution in [1.82, 2.24) is 0 Å². The Kier molecular flexibility index (Phi) is 7.01. The fourth-order valence-corrected chi connectivity index (χ4v) is 3.81. The lowest BCUT2D eigenvalue weighted by Gasteiger charge is -2.24. The van der Waals surface area contributed by atoms with Crippen molar-refractivity contribution < 1.29 is 19.1 Å². The number of rotatable bonds is 8. The highest BCUT2D eigenvalue weighted by Gasteiger charge is 2.42. The number of hydrogen-bond donors (Lipinski definition) is 0. The van der Waals surface area contributed by atoms with Crippen molar-refractivity contribution >= 4 is 11.9 Å². The van der Waals surface area contributed by atoms with Crippen molar-refractivity contribution in [3.05, 3.63) is 84.4 Å². The Hall–Kier alpha value is -2.88. The van der Waals surface area contributed by atoms with Crippen molar-refractivity contribution in [3.8, 4) is 0 Å². The molecule has 3 rings (SSSR count). The number of ether oxygens (including phenoxy) is 2. The number of esters is 2. The van der Waals surface area contributed by atoms with E-state index in [0.29, 0.717) is 0 Å². The quantitative estimate of drug-likeness (QED) is 0.380. The van der Waals surface area contributed by atoms with Gasteiger partial charge in [-0.1, -0.05) is 73.2 Å². The number of benzene rings is 2. The zero-order valence-electron chi connectivity index (χ0n) is 16.0. The van der Waals surface area contributed by atoms with Crippen LogP contribution in [0.1, 0.15) is 30.4 Å². The second kappa shape index (κ2) is 9.88. The molecule has 1 aliphatic carbocycles. The predicted molar refractivity (Wildman–Crippen MR) is 107 cm³/mol. The number of allylic oxidation sites excluding steroid dienone is 1. The van der Waals surface area contributed by atoms with Crippen LogP contribution in [-0.2, 0) is 32.3 Å². The molecule has 0 amide bonds. The Morgan fingerprint density at radius 2 is 1.39 bits per heavy atom. The first-order valence-corrected chi connectivity index (χ1v) is 9.72. The summed E-state index contributed by atoms with van der Waals surface area (Å²) in [5.41, 5.74) is 1.78. The van der Waals surface area contributed by atoms with Crippen LogP contribution in [0, 0.1) is 17.8 Å². The summed E-state index contributed by atoms with van der Waals surface area (Å²) in [5, 5.41) is 0. The zero-order valence-corrected chi connectivity index (χ0v) is 16.0. The van der Waals surface area contributed by atoms with Gasteiger partial charge in [-0.15, -0.1) is 6.58 Å². The molecule has 1 aliphatic rings. The lowest BCUT2D eigenvalue weighted by Crippen LogP contribution is -2.35. The Morgan fingerprint density at radius 3 is 1.86 bits per heavy atom. The predicted octanol–water partition coefficient (Wildman–Crippen LogP) is 4.69. The molecule has 0 radical (unpaired) electrons. The summed E-state index contributed by atoms with van der Waals surface area (Å²) in [6.45, 7) is 4.17. The molecule has 2 aromatic carbocycles. The van der Waals surface area contributed by atoms with Gasteiger partial charge in [0.2, 0.25) is 0 Å². The highest BCUT2D eigenvalue weighted by atomic mass is 16.6. The maximum atomic E-state index is 12.9. The molecule has 4 heteroatoms. The topological polar surface area (TPSA) is 52.6 Å². The molecule has 2 aromatic rings. The van der Waals surface area contributed by atoms with Crippen LogP contribution in [0.5, 0.6) is 0 Å². The normalized spacial score (nSPS) is 18.6. The highest BCUT2D eigenvalue weighted by Crippen LogP contribution is 2.39. The van der Waals surface area contributed by atoms with Crippen LogP contribution in [-0.4, -0.2) is 11.9 Å². The maximum Gasteiger partial charge on any atom is 0.320 e. The molecule has 1 saturated carbocycles. The average Bonchev–Trinajstić information content (AvgIpc) is 3.20. The second-order valence-electron chi connectivity index (χ2n) is 7.16. The molecule has 0 aliphatic heterocycles. The van der Waals surface area contributed by atoms with Crippen LogP contribution in [0.4, 0.5) is 0 Å². The van der Waals surface area contributed by atoms with E-state index in [4.69, 9.17) is 9.47 Å². The number of hydrogen-bond acceptors (Lipinski definition) is 4. The van der Waals surface area contributed by atoms with Gasteiger partial charge in [0.1, 0.15) is 13.2 Å². The summed E-state index contributed by atoms with van der Waals surface area (Å²) in [6.07, 6.45) is 4.54. The molecule has 0 heterocycles. The average molecular weight is 378 g/mol. The summed E-state index contributed by atoms with van der Waals surface area (Å²) in [5.74, 6) is -1.94. The Bertz CT molecular complexity index is 729. The van der Waals surface area contributed by atoms with Crippen LogP contribution >= 0.6 is 0 Å². The minimum absolute atomic E-state index is 0.121. The maximum absolute atomic E-state index is 12.9. The second-order valence-corrected chi connectivity index (χ2v) is 7.16. The van der Waals surface area contributed by atoms with Gasteiger partial charge in [0, 0.05) is 0 Å². The van der Waals surface area contributed by atoms with Crippen LogP contribution in [0.25, 0.3) is 0 Å².